The van der Waals surface area contributed by atoms with E-state index in [4.69, 9.17) is 10.3 Å². The molecule has 10 nitrogen and oxygen atoms in total. The van der Waals surface area contributed by atoms with E-state index in [1.165, 1.54) is 0 Å². The minimum Gasteiger partial charge on any atom is -0.444 e. The highest BCUT2D eigenvalue weighted by molar-refractivity contribution is 5.83. The van der Waals surface area contributed by atoms with Crippen molar-refractivity contribution in [1.29, 1.82) is 0 Å². The van der Waals surface area contributed by atoms with Crippen LogP contribution in [0.5, 0.6) is 0 Å². The molecule has 0 bridgehead atoms. The van der Waals surface area contributed by atoms with Gasteiger partial charge in [-0.05, 0) is 32.2 Å². The number of ether oxygens (including phenoxy) is 1. The van der Waals surface area contributed by atoms with Crippen LogP contribution in [0.15, 0.2) is 5.11 Å². The lowest BCUT2D eigenvalue weighted by molar-refractivity contribution is -0.133. The molecule has 1 aliphatic rings. The molecule has 1 fully saturated rings. The third-order valence-corrected chi connectivity index (χ3v) is 4.55. The zero-order chi connectivity index (χ0) is 21.3. The predicted molar refractivity (Wildman–Crippen MR) is 104 cm³/mol. The first-order chi connectivity index (χ1) is 13.1. The SMILES string of the molecule is CC[C@H](C)[C@H](N=[N+]=[N-])C(=O)NCCC(=O)N1CCN(C(=O)OC(C)(C)C)CC1. The molecule has 0 aliphatic carbocycles. The lowest BCUT2D eigenvalue weighted by Crippen LogP contribution is -2.52. The molecular formula is C18H32N6O4. The van der Waals surface area contributed by atoms with Gasteiger partial charge in [-0.3, -0.25) is 9.59 Å². The maximum atomic E-state index is 12.3. The van der Waals surface area contributed by atoms with Gasteiger partial charge in [0.25, 0.3) is 0 Å². The average molecular weight is 396 g/mol. The van der Waals surface area contributed by atoms with Gasteiger partial charge in [0.1, 0.15) is 11.6 Å². The van der Waals surface area contributed by atoms with E-state index in [1.54, 1.807) is 9.80 Å². The molecule has 0 radical (unpaired) electrons. The molecule has 2 atom stereocenters. The highest BCUT2D eigenvalue weighted by Gasteiger charge is 2.28. The minimum absolute atomic E-state index is 0.0764. The molecule has 1 saturated heterocycles. The number of rotatable bonds is 7. The zero-order valence-corrected chi connectivity index (χ0v) is 17.5. The molecule has 0 saturated carbocycles. The monoisotopic (exact) mass is 396 g/mol. The number of nitrogens with one attached hydrogen (secondary N) is 1. The maximum Gasteiger partial charge on any atom is 0.410 e. The summed E-state index contributed by atoms with van der Waals surface area (Å²) in [6.07, 6.45) is 0.487. The van der Waals surface area contributed by atoms with E-state index in [1.807, 2.05) is 34.6 Å². The van der Waals surface area contributed by atoms with Gasteiger partial charge < -0.3 is 19.9 Å². The Bertz CT molecular complexity index is 604. The number of piperazine rings is 1. The van der Waals surface area contributed by atoms with Crippen molar-refractivity contribution in [3.63, 3.8) is 0 Å². The van der Waals surface area contributed by atoms with Crippen LogP contribution in [-0.2, 0) is 14.3 Å². The van der Waals surface area contributed by atoms with E-state index >= 15 is 0 Å². The summed E-state index contributed by atoms with van der Waals surface area (Å²) in [6.45, 7) is 11.1. The van der Waals surface area contributed by atoms with Crippen molar-refractivity contribution < 1.29 is 19.1 Å². The fourth-order valence-corrected chi connectivity index (χ4v) is 2.72. The van der Waals surface area contributed by atoms with Gasteiger partial charge in [0.2, 0.25) is 11.8 Å². The highest BCUT2D eigenvalue weighted by atomic mass is 16.6. The summed E-state index contributed by atoms with van der Waals surface area (Å²) in [5.74, 6) is -0.532. The Balaban J connectivity index is 2.40. The maximum absolute atomic E-state index is 12.3. The van der Waals surface area contributed by atoms with E-state index < -0.39 is 11.6 Å². The van der Waals surface area contributed by atoms with Crippen LogP contribution in [0.1, 0.15) is 47.5 Å². The van der Waals surface area contributed by atoms with Gasteiger partial charge in [0, 0.05) is 44.1 Å². The van der Waals surface area contributed by atoms with Gasteiger partial charge >= 0.3 is 6.09 Å². The molecule has 0 aromatic carbocycles. The largest absolute Gasteiger partial charge is 0.444 e. The van der Waals surface area contributed by atoms with Crippen LogP contribution in [0.25, 0.3) is 10.4 Å². The van der Waals surface area contributed by atoms with Crippen LogP contribution in [-0.4, -0.2) is 72.1 Å². The normalized spacial score (nSPS) is 16.6. The summed E-state index contributed by atoms with van der Waals surface area (Å²) in [7, 11) is 0. The van der Waals surface area contributed by atoms with Crippen LogP contribution >= 0.6 is 0 Å². The average Bonchev–Trinajstić information content (AvgIpc) is 2.64. The Hall–Kier alpha value is -2.48. The van der Waals surface area contributed by atoms with E-state index in [-0.39, 0.29) is 36.8 Å². The number of carbonyl (C=O) groups is 3. The summed E-state index contributed by atoms with van der Waals surface area (Å²) in [6, 6.07) is -0.775. The van der Waals surface area contributed by atoms with Crippen LogP contribution in [0.2, 0.25) is 0 Å². The first-order valence-corrected chi connectivity index (χ1v) is 9.66. The van der Waals surface area contributed by atoms with Crippen LogP contribution < -0.4 is 5.32 Å². The van der Waals surface area contributed by atoms with E-state index in [0.29, 0.717) is 32.6 Å². The van der Waals surface area contributed by atoms with Gasteiger partial charge in [-0.15, -0.1) is 0 Å². The van der Waals surface area contributed by atoms with Gasteiger partial charge in [-0.25, -0.2) is 4.79 Å². The molecule has 0 aromatic rings. The second-order valence-corrected chi connectivity index (χ2v) is 7.92. The standard InChI is InChI=1S/C18H32N6O4/c1-6-13(2)15(21-22-19)16(26)20-8-7-14(25)23-9-11-24(12-10-23)17(27)28-18(3,4)5/h13,15H,6-12H2,1-5H3,(H,20,26)/t13-,15-/m0/s1. The van der Waals surface area contributed by atoms with Gasteiger partial charge in [-0.1, -0.05) is 25.4 Å². The number of hydrogen-bond donors (Lipinski definition) is 1. The van der Waals surface area contributed by atoms with Gasteiger partial charge in [-0.2, -0.15) is 0 Å². The van der Waals surface area contributed by atoms with Gasteiger partial charge in [0.15, 0.2) is 0 Å². The number of hydrogen-bond acceptors (Lipinski definition) is 5. The zero-order valence-electron chi connectivity index (χ0n) is 17.5. The summed E-state index contributed by atoms with van der Waals surface area (Å²) in [5.41, 5.74) is 8.07. The van der Waals surface area contributed by atoms with Crippen molar-refractivity contribution in [3.05, 3.63) is 10.4 Å². The minimum atomic E-state index is -0.775. The summed E-state index contributed by atoms with van der Waals surface area (Å²) < 4.78 is 5.34. The van der Waals surface area contributed by atoms with Gasteiger partial charge in [0.05, 0.1) is 0 Å². The number of amides is 3. The Labute approximate surface area is 166 Å². The number of carbonyl (C=O) groups excluding carboxylic acids is 3. The molecule has 158 valence electrons. The first kappa shape index (κ1) is 23.6. The van der Waals surface area contributed by atoms with E-state index in [2.05, 4.69) is 15.3 Å². The molecule has 10 heteroatoms. The molecule has 1 rings (SSSR count). The summed E-state index contributed by atoms with van der Waals surface area (Å²) >= 11 is 0. The van der Waals surface area contributed by atoms with Crippen molar-refractivity contribution in [2.75, 3.05) is 32.7 Å². The summed E-state index contributed by atoms with van der Waals surface area (Å²) in [5, 5.41) is 6.23. The Morgan fingerprint density at radius 3 is 2.25 bits per heavy atom. The molecule has 1 N–H and O–H groups in total. The Morgan fingerprint density at radius 1 is 1.18 bits per heavy atom. The Kier molecular flexibility index (Phi) is 9.05. The lowest BCUT2D eigenvalue weighted by atomic mass is 9.99. The van der Waals surface area contributed by atoms with E-state index in [9.17, 15) is 14.4 Å². The highest BCUT2D eigenvalue weighted by Crippen LogP contribution is 2.13. The van der Waals surface area contributed by atoms with E-state index in [0.717, 1.165) is 0 Å². The second kappa shape index (κ2) is 10.8. The molecular weight excluding hydrogens is 364 g/mol. The van der Waals surface area contributed by atoms with Crippen molar-refractivity contribution in [2.24, 2.45) is 11.0 Å². The number of nitrogens with zero attached hydrogens (tertiary/aromatic N) is 5. The predicted octanol–water partition coefficient (Wildman–Crippen LogP) is 2.30. The van der Waals surface area contributed by atoms with Crippen molar-refractivity contribution >= 4 is 17.9 Å². The molecule has 1 aliphatic heterocycles. The summed E-state index contributed by atoms with van der Waals surface area (Å²) in [4.78, 5) is 42.5. The van der Waals surface area contributed by atoms with Crippen molar-refractivity contribution in [3.8, 4) is 0 Å². The van der Waals surface area contributed by atoms with Crippen molar-refractivity contribution in [1.82, 2.24) is 15.1 Å². The molecule has 0 unspecified atom stereocenters. The third kappa shape index (κ3) is 7.64. The molecule has 3 amide bonds. The molecule has 1 heterocycles. The Morgan fingerprint density at radius 2 is 1.75 bits per heavy atom. The smallest absolute Gasteiger partial charge is 0.410 e. The molecule has 28 heavy (non-hydrogen) atoms. The second-order valence-electron chi connectivity index (χ2n) is 7.92. The lowest BCUT2D eigenvalue weighted by Gasteiger charge is -2.35. The fraction of sp³-hybridized carbons (Fsp3) is 0.833. The van der Waals surface area contributed by atoms with Crippen LogP contribution in [0.4, 0.5) is 4.79 Å². The van der Waals surface area contributed by atoms with Crippen molar-refractivity contribution in [2.45, 2.75) is 59.1 Å². The molecule has 0 aromatic heterocycles. The third-order valence-electron chi connectivity index (χ3n) is 4.55. The van der Waals surface area contributed by atoms with Crippen LogP contribution in [0.3, 0.4) is 0 Å². The topological polar surface area (TPSA) is 128 Å². The quantitative estimate of drug-likeness (QED) is 0.402. The fourth-order valence-electron chi connectivity index (χ4n) is 2.72. The number of azide groups is 1. The van der Waals surface area contributed by atoms with Crippen LogP contribution in [0, 0.1) is 5.92 Å². The first-order valence-electron chi connectivity index (χ1n) is 9.66. The molecule has 0 spiro atoms.